The lowest BCUT2D eigenvalue weighted by atomic mass is 10.1. The van der Waals surface area contributed by atoms with Crippen molar-refractivity contribution in [2.45, 2.75) is 12.8 Å². The maximum atomic E-state index is 12.1. The summed E-state index contributed by atoms with van der Waals surface area (Å²) in [7, 11) is 0. The van der Waals surface area contributed by atoms with Gasteiger partial charge < -0.3 is 5.32 Å². The van der Waals surface area contributed by atoms with Gasteiger partial charge >= 0.3 is 0 Å². The number of carbonyl (C=O) groups is 1. The van der Waals surface area contributed by atoms with Gasteiger partial charge in [0.25, 0.3) is 11.6 Å². The van der Waals surface area contributed by atoms with E-state index in [9.17, 15) is 14.9 Å². The number of hydrogen-bond donors (Lipinski definition) is 1. The number of nitrogens with zero attached hydrogens (tertiary/aromatic N) is 3. The predicted molar refractivity (Wildman–Crippen MR) is 78.8 cm³/mol. The first-order valence-corrected chi connectivity index (χ1v) is 7.22. The van der Waals surface area contributed by atoms with Crippen LogP contribution in [-0.2, 0) is 0 Å². The van der Waals surface area contributed by atoms with Gasteiger partial charge in [0.1, 0.15) is 16.9 Å². The fourth-order valence-corrected chi connectivity index (χ4v) is 2.51. The SMILES string of the molecule is CC(CNC(=O)c1cc(Cl)ncc1[N+](=O)[O-])c1nccs1. The predicted octanol–water partition coefficient (Wildman–Crippen LogP) is 2.63. The summed E-state index contributed by atoms with van der Waals surface area (Å²) < 4.78 is 0. The van der Waals surface area contributed by atoms with Gasteiger partial charge in [0.05, 0.1) is 9.93 Å². The first-order chi connectivity index (χ1) is 9.99. The van der Waals surface area contributed by atoms with Gasteiger partial charge in [0, 0.05) is 24.0 Å². The van der Waals surface area contributed by atoms with Crippen molar-refractivity contribution in [3.05, 3.63) is 49.7 Å². The fraction of sp³-hybridized carbons (Fsp3) is 0.250. The minimum atomic E-state index is -0.664. The zero-order chi connectivity index (χ0) is 15.4. The Kier molecular flexibility index (Phi) is 4.81. The van der Waals surface area contributed by atoms with Gasteiger partial charge in [-0.2, -0.15) is 0 Å². The first-order valence-electron chi connectivity index (χ1n) is 5.96. The van der Waals surface area contributed by atoms with Crippen LogP contribution in [0.5, 0.6) is 0 Å². The minimum Gasteiger partial charge on any atom is -0.351 e. The second kappa shape index (κ2) is 6.59. The van der Waals surface area contributed by atoms with Crippen molar-refractivity contribution in [2.24, 2.45) is 0 Å². The maximum Gasteiger partial charge on any atom is 0.300 e. The third-order valence-corrected chi connectivity index (χ3v) is 3.95. The Balaban J connectivity index is 2.10. The summed E-state index contributed by atoms with van der Waals surface area (Å²) in [5, 5.41) is 16.3. The van der Waals surface area contributed by atoms with E-state index in [0.29, 0.717) is 6.54 Å². The molecule has 0 saturated carbocycles. The summed E-state index contributed by atoms with van der Waals surface area (Å²) in [5.41, 5.74) is -0.481. The Morgan fingerprint density at radius 2 is 2.33 bits per heavy atom. The monoisotopic (exact) mass is 326 g/mol. The molecule has 1 N–H and O–H groups in total. The van der Waals surface area contributed by atoms with Crippen molar-refractivity contribution in [3.63, 3.8) is 0 Å². The number of nitrogens with one attached hydrogen (secondary N) is 1. The van der Waals surface area contributed by atoms with Crippen LogP contribution in [0.1, 0.15) is 28.2 Å². The highest BCUT2D eigenvalue weighted by Gasteiger charge is 2.22. The lowest BCUT2D eigenvalue weighted by Gasteiger charge is -2.10. The minimum absolute atomic E-state index is 0.0188. The zero-order valence-corrected chi connectivity index (χ0v) is 12.5. The van der Waals surface area contributed by atoms with Gasteiger partial charge in [-0.05, 0) is 6.07 Å². The molecule has 0 aliphatic carbocycles. The van der Waals surface area contributed by atoms with Crippen LogP contribution in [0.3, 0.4) is 0 Å². The molecule has 2 aromatic rings. The van der Waals surface area contributed by atoms with E-state index in [1.54, 1.807) is 6.20 Å². The van der Waals surface area contributed by atoms with Crippen LogP contribution in [0.2, 0.25) is 5.15 Å². The molecule has 2 aromatic heterocycles. The van der Waals surface area contributed by atoms with Gasteiger partial charge in [-0.1, -0.05) is 18.5 Å². The lowest BCUT2D eigenvalue weighted by molar-refractivity contribution is -0.385. The largest absolute Gasteiger partial charge is 0.351 e. The number of thiazole rings is 1. The summed E-state index contributed by atoms with van der Waals surface area (Å²) in [5.74, 6) is -0.542. The molecule has 21 heavy (non-hydrogen) atoms. The molecule has 2 heterocycles. The van der Waals surface area contributed by atoms with Crippen LogP contribution in [0, 0.1) is 10.1 Å². The number of pyridine rings is 1. The zero-order valence-electron chi connectivity index (χ0n) is 10.9. The summed E-state index contributed by atoms with van der Waals surface area (Å²) in [4.78, 5) is 30.1. The van der Waals surface area contributed by atoms with Gasteiger partial charge in [-0.15, -0.1) is 11.3 Å². The molecular formula is C12H11ClN4O3S. The Labute approximate surface area is 129 Å². The normalized spacial score (nSPS) is 11.9. The second-order valence-corrected chi connectivity index (χ2v) is 5.58. The highest BCUT2D eigenvalue weighted by molar-refractivity contribution is 7.09. The van der Waals surface area contributed by atoms with Crippen molar-refractivity contribution in [3.8, 4) is 0 Å². The standard InChI is InChI=1S/C12H11ClN4O3S/c1-7(12-14-2-3-21-12)5-16-11(18)8-4-10(13)15-6-9(8)17(19)20/h2-4,6-7H,5H2,1H3,(H,16,18). The quantitative estimate of drug-likeness (QED) is 0.517. The number of rotatable bonds is 5. The number of amides is 1. The van der Waals surface area contributed by atoms with E-state index in [1.165, 1.54) is 17.4 Å². The van der Waals surface area contributed by atoms with Gasteiger partial charge in [0.2, 0.25) is 0 Å². The first kappa shape index (κ1) is 15.3. The second-order valence-electron chi connectivity index (χ2n) is 4.26. The van der Waals surface area contributed by atoms with Crippen LogP contribution < -0.4 is 5.32 Å². The molecule has 110 valence electrons. The van der Waals surface area contributed by atoms with Crippen molar-refractivity contribution < 1.29 is 9.72 Å². The molecule has 0 spiro atoms. The molecule has 2 rings (SSSR count). The summed E-state index contributed by atoms with van der Waals surface area (Å²) in [6.45, 7) is 2.23. The molecule has 0 fully saturated rings. The van der Waals surface area contributed by atoms with Gasteiger partial charge in [-0.25, -0.2) is 9.97 Å². The van der Waals surface area contributed by atoms with E-state index in [0.717, 1.165) is 11.2 Å². The van der Waals surface area contributed by atoms with E-state index in [-0.39, 0.29) is 22.3 Å². The molecule has 0 saturated heterocycles. The number of hydrogen-bond acceptors (Lipinski definition) is 6. The average Bonchev–Trinajstić information content (AvgIpc) is 2.98. The topological polar surface area (TPSA) is 98.0 Å². The van der Waals surface area contributed by atoms with Gasteiger partial charge in [-0.3, -0.25) is 14.9 Å². The smallest absolute Gasteiger partial charge is 0.300 e. The third kappa shape index (κ3) is 3.73. The number of aromatic nitrogens is 2. The van der Waals surface area contributed by atoms with E-state index in [1.807, 2.05) is 12.3 Å². The molecule has 0 bridgehead atoms. The van der Waals surface area contributed by atoms with Crippen LogP contribution in [-0.4, -0.2) is 27.3 Å². The number of nitro groups is 1. The maximum absolute atomic E-state index is 12.1. The van der Waals surface area contributed by atoms with E-state index >= 15 is 0 Å². The van der Waals surface area contributed by atoms with E-state index in [4.69, 9.17) is 11.6 Å². The highest BCUT2D eigenvalue weighted by atomic mass is 35.5. The summed E-state index contributed by atoms with van der Waals surface area (Å²) >= 11 is 7.17. The summed E-state index contributed by atoms with van der Waals surface area (Å²) in [6.07, 6.45) is 2.66. The van der Waals surface area contributed by atoms with Crippen molar-refractivity contribution in [1.29, 1.82) is 0 Å². The van der Waals surface area contributed by atoms with Crippen molar-refractivity contribution >= 4 is 34.5 Å². The summed E-state index contributed by atoms with van der Waals surface area (Å²) in [6, 6.07) is 1.18. The number of carbonyl (C=O) groups excluding carboxylic acids is 1. The molecule has 0 aliphatic heterocycles. The molecule has 1 unspecified atom stereocenters. The van der Waals surface area contributed by atoms with Crippen LogP contribution >= 0.6 is 22.9 Å². The van der Waals surface area contributed by atoms with Crippen LogP contribution in [0.25, 0.3) is 0 Å². The molecule has 0 radical (unpaired) electrons. The van der Waals surface area contributed by atoms with E-state index in [2.05, 4.69) is 15.3 Å². The van der Waals surface area contributed by atoms with Crippen molar-refractivity contribution in [2.75, 3.05) is 6.54 Å². The molecule has 1 amide bonds. The molecule has 9 heteroatoms. The molecular weight excluding hydrogens is 316 g/mol. The number of halogens is 1. The molecule has 7 nitrogen and oxygen atoms in total. The Hall–Kier alpha value is -2.06. The molecule has 1 atom stereocenters. The molecule has 0 aromatic carbocycles. The highest BCUT2D eigenvalue weighted by Crippen LogP contribution is 2.21. The van der Waals surface area contributed by atoms with Crippen LogP contribution in [0.15, 0.2) is 23.8 Å². The van der Waals surface area contributed by atoms with E-state index < -0.39 is 10.8 Å². The third-order valence-electron chi connectivity index (χ3n) is 2.73. The fourth-order valence-electron chi connectivity index (χ4n) is 1.66. The lowest BCUT2D eigenvalue weighted by Crippen LogP contribution is -2.28. The van der Waals surface area contributed by atoms with Crippen LogP contribution in [0.4, 0.5) is 5.69 Å². The Morgan fingerprint density at radius 1 is 1.57 bits per heavy atom. The van der Waals surface area contributed by atoms with Crippen molar-refractivity contribution in [1.82, 2.24) is 15.3 Å². The van der Waals surface area contributed by atoms with Gasteiger partial charge in [0.15, 0.2) is 0 Å². The Morgan fingerprint density at radius 3 is 2.95 bits per heavy atom. The molecule has 0 aliphatic rings. The Bertz CT molecular complexity index is 663. The average molecular weight is 327 g/mol.